The van der Waals surface area contributed by atoms with Crippen LogP contribution in [0.4, 0.5) is 10.5 Å². The molecular weight excluding hydrogens is 446 g/mol. The molecule has 0 radical (unpaired) electrons. The highest BCUT2D eigenvalue weighted by Gasteiger charge is 2.35. The number of methoxy groups -OCH3 is 1. The van der Waals surface area contributed by atoms with Crippen LogP contribution in [0, 0.1) is 5.92 Å². The SMILES string of the molecule is COC(=O)N1c2ccc3c(nc([C@H](O)c4ccccc4)n3[C@H]3CCC[C@H](C(=O)O)C3)c2CC[C@@H]1C. The highest BCUT2D eigenvalue weighted by atomic mass is 16.5. The Hall–Kier alpha value is -3.39. The van der Waals surface area contributed by atoms with E-state index in [0.29, 0.717) is 18.7 Å². The number of carboxylic acids is 1. The fraction of sp³-hybridized carbons (Fsp3) is 0.444. The number of aliphatic carboxylic acids is 1. The zero-order valence-corrected chi connectivity index (χ0v) is 20.1. The number of carbonyl (C=O) groups excluding carboxylic acids is 1. The second-order valence-corrected chi connectivity index (χ2v) is 9.67. The molecule has 0 spiro atoms. The van der Waals surface area contributed by atoms with Gasteiger partial charge in [0.15, 0.2) is 0 Å². The maximum absolute atomic E-state index is 12.6. The fourth-order valence-corrected chi connectivity index (χ4v) is 5.78. The first-order valence-corrected chi connectivity index (χ1v) is 12.3. The van der Waals surface area contributed by atoms with Crippen LogP contribution in [0.15, 0.2) is 42.5 Å². The molecule has 2 N–H and O–H groups in total. The molecule has 1 amide bonds. The Bertz CT molecular complexity index is 1250. The van der Waals surface area contributed by atoms with E-state index >= 15 is 0 Å². The summed E-state index contributed by atoms with van der Waals surface area (Å²) in [7, 11) is 1.38. The van der Waals surface area contributed by atoms with Gasteiger partial charge < -0.3 is 19.5 Å². The third-order valence-corrected chi connectivity index (χ3v) is 7.57. The molecule has 2 aromatic carbocycles. The van der Waals surface area contributed by atoms with Crippen LogP contribution < -0.4 is 4.90 Å². The minimum atomic E-state index is -0.955. The molecule has 35 heavy (non-hydrogen) atoms. The summed E-state index contributed by atoms with van der Waals surface area (Å²) in [5.41, 5.74) is 4.08. The number of nitrogens with zero attached hydrogens (tertiary/aromatic N) is 3. The van der Waals surface area contributed by atoms with Gasteiger partial charge in [-0.25, -0.2) is 9.78 Å². The van der Waals surface area contributed by atoms with Crippen molar-refractivity contribution < 1.29 is 24.5 Å². The van der Waals surface area contributed by atoms with E-state index in [1.165, 1.54) is 7.11 Å². The first-order valence-electron chi connectivity index (χ1n) is 12.3. The number of aliphatic hydroxyl groups is 1. The van der Waals surface area contributed by atoms with Crippen LogP contribution in [0.2, 0.25) is 0 Å². The average molecular weight is 478 g/mol. The predicted octanol–water partition coefficient (Wildman–Crippen LogP) is 4.84. The first kappa shape index (κ1) is 23.4. The Morgan fingerprint density at radius 2 is 1.89 bits per heavy atom. The predicted molar refractivity (Wildman–Crippen MR) is 132 cm³/mol. The van der Waals surface area contributed by atoms with E-state index in [1.54, 1.807) is 4.90 Å². The number of ether oxygens (including phenoxy) is 1. The number of benzene rings is 2. The molecular formula is C27H31N3O5. The van der Waals surface area contributed by atoms with Gasteiger partial charge in [-0.3, -0.25) is 9.69 Å². The third kappa shape index (κ3) is 4.05. The van der Waals surface area contributed by atoms with Gasteiger partial charge in [0.1, 0.15) is 11.9 Å². The molecule has 1 aromatic heterocycles. The first-order chi connectivity index (χ1) is 16.9. The number of hydrogen-bond donors (Lipinski definition) is 2. The number of imidazole rings is 1. The largest absolute Gasteiger partial charge is 0.481 e. The summed E-state index contributed by atoms with van der Waals surface area (Å²) in [5, 5.41) is 21.1. The van der Waals surface area contributed by atoms with E-state index in [2.05, 4.69) is 4.57 Å². The lowest BCUT2D eigenvalue weighted by atomic mass is 9.85. The fourth-order valence-electron chi connectivity index (χ4n) is 5.78. The van der Waals surface area contributed by atoms with Crippen LogP contribution in [0.25, 0.3) is 11.0 Å². The van der Waals surface area contributed by atoms with Crippen molar-refractivity contribution in [2.24, 2.45) is 5.92 Å². The van der Waals surface area contributed by atoms with Gasteiger partial charge in [-0.15, -0.1) is 0 Å². The molecule has 1 aliphatic heterocycles. The van der Waals surface area contributed by atoms with E-state index in [0.717, 1.165) is 53.5 Å². The number of aliphatic hydroxyl groups excluding tert-OH is 1. The van der Waals surface area contributed by atoms with Crippen LogP contribution in [0.3, 0.4) is 0 Å². The molecule has 8 nitrogen and oxygen atoms in total. The normalized spacial score (nSPS) is 23.1. The zero-order chi connectivity index (χ0) is 24.7. The lowest BCUT2D eigenvalue weighted by Gasteiger charge is -2.34. The van der Waals surface area contributed by atoms with E-state index in [9.17, 15) is 19.8 Å². The third-order valence-electron chi connectivity index (χ3n) is 7.57. The van der Waals surface area contributed by atoms with Crippen molar-refractivity contribution >= 4 is 28.8 Å². The lowest BCUT2D eigenvalue weighted by Crippen LogP contribution is -2.42. The topological polar surface area (TPSA) is 105 Å². The van der Waals surface area contributed by atoms with Gasteiger partial charge in [0.25, 0.3) is 0 Å². The Labute approximate surface area is 204 Å². The van der Waals surface area contributed by atoms with Gasteiger partial charge in [-0.1, -0.05) is 36.8 Å². The van der Waals surface area contributed by atoms with Crippen molar-refractivity contribution in [3.05, 3.63) is 59.4 Å². The van der Waals surface area contributed by atoms with Gasteiger partial charge in [0.05, 0.1) is 29.7 Å². The summed E-state index contributed by atoms with van der Waals surface area (Å²) in [5.74, 6) is -0.676. The number of hydrogen-bond acceptors (Lipinski definition) is 5. The summed E-state index contributed by atoms with van der Waals surface area (Å²) in [4.78, 5) is 31.0. The number of aromatic nitrogens is 2. The summed E-state index contributed by atoms with van der Waals surface area (Å²) >= 11 is 0. The molecule has 2 aliphatic rings. The minimum Gasteiger partial charge on any atom is -0.481 e. The van der Waals surface area contributed by atoms with Crippen molar-refractivity contribution in [2.75, 3.05) is 12.0 Å². The second kappa shape index (κ2) is 9.34. The lowest BCUT2D eigenvalue weighted by molar-refractivity contribution is -0.143. The van der Waals surface area contributed by atoms with E-state index in [1.807, 2.05) is 49.4 Å². The molecule has 1 fully saturated rings. The quantitative estimate of drug-likeness (QED) is 0.557. The summed E-state index contributed by atoms with van der Waals surface area (Å²) in [6.07, 6.45) is 2.96. The van der Waals surface area contributed by atoms with Gasteiger partial charge in [-0.05, 0) is 56.7 Å². The molecule has 1 aliphatic carbocycles. The molecule has 2 heterocycles. The van der Waals surface area contributed by atoms with E-state index in [-0.39, 0.29) is 12.1 Å². The number of anilines is 1. The Morgan fingerprint density at radius 1 is 1.11 bits per heavy atom. The van der Waals surface area contributed by atoms with Gasteiger partial charge >= 0.3 is 12.1 Å². The molecule has 5 rings (SSSR count). The minimum absolute atomic E-state index is 0.00136. The van der Waals surface area contributed by atoms with E-state index < -0.39 is 24.1 Å². The molecule has 0 unspecified atom stereocenters. The Balaban J connectivity index is 1.69. The molecule has 4 atom stereocenters. The van der Waals surface area contributed by atoms with Crippen LogP contribution in [0.1, 0.15) is 68.1 Å². The number of aryl methyl sites for hydroxylation is 1. The molecule has 1 saturated carbocycles. The van der Waals surface area contributed by atoms with Crippen molar-refractivity contribution in [1.82, 2.24) is 9.55 Å². The number of carbonyl (C=O) groups is 2. The molecule has 0 saturated heterocycles. The van der Waals surface area contributed by atoms with Crippen molar-refractivity contribution in [1.29, 1.82) is 0 Å². The van der Waals surface area contributed by atoms with Crippen molar-refractivity contribution in [3.8, 4) is 0 Å². The number of carboxylic acid groups (broad SMARTS) is 1. The highest BCUT2D eigenvalue weighted by molar-refractivity contribution is 5.95. The van der Waals surface area contributed by atoms with Crippen LogP contribution in [0.5, 0.6) is 0 Å². The van der Waals surface area contributed by atoms with Crippen LogP contribution in [-0.2, 0) is 16.0 Å². The number of amides is 1. The summed E-state index contributed by atoms with van der Waals surface area (Å²) in [6, 6.07) is 13.2. The zero-order valence-electron chi connectivity index (χ0n) is 20.1. The highest BCUT2D eigenvalue weighted by Crippen LogP contribution is 2.42. The molecule has 184 valence electrons. The summed E-state index contributed by atoms with van der Waals surface area (Å²) < 4.78 is 7.11. The second-order valence-electron chi connectivity index (χ2n) is 9.67. The van der Waals surface area contributed by atoms with Gasteiger partial charge in [0, 0.05) is 17.6 Å². The molecule has 8 heteroatoms. The van der Waals surface area contributed by atoms with Gasteiger partial charge in [0.2, 0.25) is 0 Å². The van der Waals surface area contributed by atoms with Gasteiger partial charge in [-0.2, -0.15) is 0 Å². The van der Waals surface area contributed by atoms with E-state index in [4.69, 9.17) is 9.72 Å². The molecule has 3 aromatic rings. The smallest absolute Gasteiger partial charge is 0.414 e. The molecule has 0 bridgehead atoms. The van der Waals surface area contributed by atoms with Crippen LogP contribution >= 0.6 is 0 Å². The summed E-state index contributed by atoms with van der Waals surface area (Å²) in [6.45, 7) is 2.00. The number of rotatable bonds is 4. The maximum atomic E-state index is 12.6. The Morgan fingerprint density at radius 3 is 2.60 bits per heavy atom. The number of fused-ring (bicyclic) bond motifs is 3. The Kier molecular flexibility index (Phi) is 6.23. The van der Waals surface area contributed by atoms with Crippen LogP contribution in [-0.4, -0.2) is 45.0 Å². The standard InChI is InChI=1S/C27H31N3O5/c1-16-11-12-20-21(29(16)27(34)35-2)13-14-22-23(20)28-25(24(31)17-7-4-3-5-8-17)30(22)19-10-6-9-18(15-19)26(32)33/h3-5,7-8,13-14,16,18-19,24,31H,6,9-12,15H2,1-2H3,(H,32,33)/t16-,18-,19-,24+/m0/s1. The van der Waals surface area contributed by atoms with Crippen molar-refractivity contribution in [3.63, 3.8) is 0 Å². The monoisotopic (exact) mass is 477 g/mol. The maximum Gasteiger partial charge on any atom is 0.414 e. The van der Waals surface area contributed by atoms with Crippen molar-refractivity contribution in [2.45, 2.75) is 63.6 Å². The average Bonchev–Trinajstić information content (AvgIpc) is 3.28.